The third kappa shape index (κ3) is 3.59. The Labute approximate surface area is 121 Å². The topological polar surface area (TPSA) is 55.4 Å². The highest BCUT2D eigenvalue weighted by atomic mass is 32.2. The predicted octanol–water partition coefficient (Wildman–Crippen LogP) is 2.62. The molecule has 2 rings (SSSR count). The number of rotatable bonds is 3. The summed E-state index contributed by atoms with van der Waals surface area (Å²) in [5.41, 5.74) is 0.325. The van der Waals surface area contributed by atoms with Gasteiger partial charge in [-0.15, -0.1) is 0 Å². The first kappa shape index (κ1) is 15.5. The predicted molar refractivity (Wildman–Crippen MR) is 79.2 cm³/mol. The summed E-state index contributed by atoms with van der Waals surface area (Å²) >= 11 is 0. The van der Waals surface area contributed by atoms with Crippen LogP contribution in [0.15, 0.2) is 29.2 Å². The molecule has 1 atom stereocenters. The van der Waals surface area contributed by atoms with Crippen LogP contribution in [0.5, 0.6) is 0 Å². The van der Waals surface area contributed by atoms with Gasteiger partial charge in [-0.3, -0.25) is 0 Å². The summed E-state index contributed by atoms with van der Waals surface area (Å²) in [4.78, 5) is 0.300. The Hall–Kier alpha value is -0.910. The van der Waals surface area contributed by atoms with Gasteiger partial charge in [-0.05, 0) is 52.7 Å². The summed E-state index contributed by atoms with van der Waals surface area (Å²) in [7, 11) is -3.50. The van der Waals surface area contributed by atoms with Crippen LogP contribution >= 0.6 is 0 Å². The second kappa shape index (κ2) is 5.13. The normalized spacial score (nSPS) is 26.4. The molecule has 20 heavy (non-hydrogen) atoms. The molecule has 0 bridgehead atoms. The van der Waals surface area contributed by atoms with Crippen LogP contribution in [0.4, 0.5) is 0 Å². The van der Waals surface area contributed by atoms with Crippen molar-refractivity contribution < 1.29 is 13.2 Å². The number of benzene rings is 1. The Balaban J connectivity index is 2.14. The third-order valence-corrected chi connectivity index (χ3v) is 5.43. The van der Waals surface area contributed by atoms with Gasteiger partial charge in [-0.25, -0.2) is 13.1 Å². The first-order chi connectivity index (χ1) is 9.12. The first-order valence-corrected chi connectivity index (χ1v) is 8.35. The van der Waals surface area contributed by atoms with Crippen molar-refractivity contribution >= 4 is 10.0 Å². The largest absolute Gasteiger partial charge is 0.374 e. The molecule has 1 heterocycles. The van der Waals surface area contributed by atoms with E-state index in [0.29, 0.717) is 11.5 Å². The maximum Gasteiger partial charge on any atom is 0.241 e. The minimum absolute atomic E-state index is 0.172. The van der Waals surface area contributed by atoms with E-state index in [-0.39, 0.29) is 5.60 Å². The van der Waals surface area contributed by atoms with E-state index in [2.05, 4.69) is 4.72 Å². The lowest BCUT2D eigenvalue weighted by atomic mass is 9.88. The van der Waals surface area contributed by atoms with E-state index in [4.69, 9.17) is 4.74 Å². The lowest BCUT2D eigenvalue weighted by Gasteiger charge is -2.41. The Bertz CT molecular complexity index is 566. The first-order valence-electron chi connectivity index (χ1n) is 6.87. The van der Waals surface area contributed by atoms with Gasteiger partial charge in [0.2, 0.25) is 10.0 Å². The van der Waals surface area contributed by atoms with Crippen molar-refractivity contribution in [2.45, 2.75) is 56.6 Å². The van der Waals surface area contributed by atoms with Crippen molar-refractivity contribution in [1.29, 1.82) is 0 Å². The van der Waals surface area contributed by atoms with Gasteiger partial charge in [0.1, 0.15) is 0 Å². The molecule has 1 saturated heterocycles. The van der Waals surface area contributed by atoms with Crippen molar-refractivity contribution in [3.8, 4) is 0 Å². The average Bonchev–Trinajstić information content (AvgIpc) is 2.34. The van der Waals surface area contributed by atoms with E-state index >= 15 is 0 Å². The molecule has 1 fully saturated rings. The van der Waals surface area contributed by atoms with Crippen molar-refractivity contribution in [3.05, 3.63) is 29.8 Å². The highest BCUT2D eigenvalue weighted by molar-refractivity contribution is 7.89. The molecule has 1 aliphatic heterocycles. The minimum atomic E-state index is -3.50. The molecule has 0 spiro atoms. The van der Waals surface area contributed by atoms with Gasteiger partial charge in [0, 0.05) is 0 Å². The molecule has 0 saturated carbocycles. The summed E-state index contributed by atoms with van der Waals surface area (Å²) in [5.74, 6) is 0. The van der Waals surface area contributed by atoms with E-state index in [1.807, 2.05) is 27.7 Å². The van der Waals surface area contributed by atoms with Gasteiger partial charge < -0.3 is 4.74 Å². The smallest absolute Gasteiger partial charge is 0.241 e. The second-order valence-corrected chi connectivity index (χ2v) is 8.21. The summed E-state index contributed by atoms with van der Waals surface area (Å²) in [6, 6.07) is 6.87. The van der Waals surface area contributed by atoms with Crippen LogP contribution in [-0.2, 0) is 14.8 Å². The SMILES string of the molecule is Cc1ccc(S(=O)(=O)NC2(C)CCC(C)(C)OC2)cc1. The van der Waals surface area contributed by atoms with E-state index in [9.17, 15) is 8.42 Å². The summed E-state index contributed by atoms with van der Waals surface area (Å²) in [6.07, 6.45) is 1.60. The Morgan fingerprint density at radius 2 is 1.70 bits per heavy atom. The maximum absolute atomic E-state index is 12.4. The van der Waals surface area contributed by atoms with Gasteiger partial charge >= 0.3 is 0 Å². The highest BCUT2D eigenvalue weighted by Crippen LogP contribution is 2.30. The molecule has 1 N–H and O–H groups in total. The van der Waals surface area contributed by atoms with Crippen LogP contribution in [0, 0.1) is 6.92 Å². The Morgan fingerprint density at radius 3 is 2.20 bits per heavy atom. The molecule has 0 radical (unpaired) electrons. The molecule has 0 amide bonds. The van der Waals surface area contributed by atoms with E-state index in [1.165, 1.54) is 0 Å². The fourth-order valence-corrected chi connectivity index (χ4v) is 3.68. The fourth-order valence-electron chi connectivity index (χ4n) is 2.26. The molecule has 1 aromatic carbocycles. The van der Waals surface area contributed by atoms with E-state index in [0.717, 1.165) is 18.4 Å². The van der Waals surface area contributed by atoms with Crippen LogP contribution in [0.2, 0.25) is 0 Å². The van der Waals surface area contributed by atoms with Gasteiger partial charge in [-0.2, -0.15) is 0 Å². The van der Waals surface area contributed by atoms with Gasteiger partial charge in [0.15, 0.2) is 0 Å². The lowest BCUT2D eigenvalue weighted by Crippen LogP contribution is -2.54. The molecule has 5 heteroatoms. The summed E-state index contributed by atoms with van der Waals surface area (Å²) < 4.78 is 33.4. The quantitative estimate of drug-likeness (QED) is 0.933. The monoisotopic (exact) mass is 297 g/mol. The molecule has 1 unspecified atom stereocenters. The van der Waals surface area contributed by atoms with Crippen molar-refractivity contribution in [3.63, 3.8) is 0 Å². The standard InChI is InChI=1S/C15H23NO3S/c1-12-5-7-13(8-6-12)20(17,18)16-15(4)10-9-14(2,3)19-11-15/h5-8,16H,9-11H2,1-4H3. The Kier molecular flexibility index (Phi) is 3.97. The second-order valence-electron chi connectivity index (χ2n) is 6.53. The molecule has 0 aliphatic carbocycles. The van der Waals surface area contributed by atoms with Crippen LogP contribution in [0.3, 0.4) is 0 Å². The molecule has 112 valence electrons. The van der Waals surface area contributed by atoms with Gasteiger partial charge in [-0.1, -0.05) is 17.7 Å². The molecular weight excluding hydrogens is 274 g/mol. The Morgan fingerprint density at radius 1 is 1.10 bits per heavy atom. The van der Waals surface area contributed by atoms with Gasteiger partial charge in [0.25, 0.3) is 0 Å². The highest BCUT2D eigenvalue weighted by Gasteiger charge is 2.38. The number of hydrogen-bond donors (Lipinski definition) is 1. The van der Waals surface area contributed by atoms with Crippen LogP contribution in [0.25, 0.3) is 0 Å². The van der Waals surface area contributed by atoms with Crippen LogP contribution < -0.4 is 4.72 Å². The zero-order valence-corrected chi connectivity index (χ0v) is 13.4. The molecule has 1 aromatic rings. The fraction of sp³-hybridized carbons (Fsp3) is 0.600. The maximum atomic E-state index is 12.4. The summed E-state index contributed by atoms with van der Waals surface area (Å²) in [6.45, 7) is 8.28. The molecule has 4 nitrogen and oxygen atoms in total. The number of ether oxygens (including phenoxy) is 1. The van der Waals surface area contributed by atoms with E-state index in [1.54, 1.807) is 24.3 Å². The number of nitrogens with one attached hydrogen (secondary N) is 1. The van der Waals surface area contributed by atoms with Gasteiger partial charge in [0.05, 0.1) is 22.6 Å². The number of aryl methyl sites for hydroxylation is 1. The summed E-state index contributed by atoms with van der Waals surface area (Å²) in [5, 5.41) is 0. The van der Waals surface area contributed by atoms with Crippen LogP contribution in [0.1, 0.15) is 39.2 Å². The zero-order chi connectivity index (χ0) is 15.0. The molecule has 0 aromatic heterocycles. The number of sulfonamides is 1. The lowest BCUT2D eigenvalue weighted by molar-refractivity contribution is -0.0848. The van der Waals surface area contributed by atoms with E-state index < -0.39 is 15.6 Å². The average molecular weight is 297 g/mol. The van der Waals surface area contributed by atoms with Crippen LogP contribution in [-0.4, -0.2) is 26.2 Å². The minimum Gasteiger partial charge on any atom is -0.374 e. The van der Waals surface area contributed by atoms with Crippen molar-refractivity contribution in [1.82, 2.24) is 4.72 Å². The number of hydrogen-bond acceptors (Lipinski definition) is 3. The van der Waals surface area contributed by atoms with Crippen molar-refractivity contribution in [2.24, 2.45) is 0 Å². The molecule has 1 aliphatic rings. The van der Waals surface area contributed by atoms with Crippen molar-refractivity contribution in [2.75, 3.05) is 6.61 Å². The molecular formula is C15H23NO3S. The zero-order valence-electron chi connectivity index (χ0n) is 12.6. The third-order valence-electron chi connectivity index (χ3n) is 3.77.